The zero-order valence-electron chi connectivity index (χ0n) is 14.9. The first-order valence-electron chi connectivity index (χ1n) is 8.73. The maximum Gasteiger partial charge on any atom is 0.281 e. The molecule has 4 nitrogen and oxygen atoms in total. The number of thiophene rings is 1. The smallest absolute Gasteiger partial charge is 0.281 e. The third-order valence-electron chi connectivity index (χ3n) is 4.20. The molecule has 5 heteroatoms. The first kappa shape index (κ1) is 17.7. The van der Waals surface area contributed by atoms with Crippen molar-refractivity contribution in [3.8, 4) is 5.75 Å². The predicted octanol–water partition coefficient (Wildman–Crippen LogP) is 4.42. The number of hydrazone groups is 1. The molecule has 0 fully saturated rings. The standard InChI is InChI=1S/C20H24N2O2S/c1-13(2)24-17-7-5-4-6-15(17)12-21-22-20(23)19-11-16-10-14(3)8-9-18(16)25-19/h4-7,11-14H,8-10H2,1-3H3,(H,22,23). The molecule has 0 aliphatic heterocycles. The van der Waals surface area contributed by atoms with Crippen LogP contribution in [0.1, 0.15) is 52.9 Å². The highest BCUT2D eigenvalue weighted by atomic mass is 32.1. The number of carbonyl (C=O) groups is 1. The molecule has 1 unspecified atom stereocenters. The normalized spacial score (nSPS) is 16.9. The summed E-state index contributed by atoms with van der Waals surface area (Å²) in [5.41, 5.74) is 4.80. The lowest BCUT2D eigenvalue weighted by atomic mass is 9.90. The van der Waals surface area contributed by atoms with Crippen molar-refractivity contribution in [2.45, 2.75) is 46.1 Å². The van der Waals surface area contributed by atoms with Crippen molar-refractivity contribution in [2.24, 2.45) is 11.0 Å². The van der Waals surface area contributed by atoms with E-state index in [0.29, 0.717) is 5.92 Å². The molecule has 2 aromatic rings. The van der Waals surface area contributed by atoms with E-state index >= 15 is 0 Å². The SMILES string of the molecule is CC1CCc2sc(C(=O)NN=Cc3ccccc3OC(C)C)cc2C1. The van der Waals surface area contributed by atoms with Crippen molar-refractivity contribution >= 4 is 23.5 Å². The summed E-state index contributed by atoms with van der Waals surface area (Å²) in [5, 5.41) is 4.11. The van der Waals surface area contributed by atoms with Gasteiger partial charge < -0.3 is 4.74 Å². The van der Waals surface area contributed by atoms with Crippen LogP contribution in [-0.2, 0) is 12.8 Å². The number of fused-ring (bicyclic) bond motifs is 1. The fourth-order valence-electron chi connectivity index (χ4n) is 2.98. The van der Waals surface area contributed by atoms with Crippen LogP contribution in [0.4, 0.5) is 0 Å². The molecule has 0 saturated heterocycles. The van der Waals surface area contributed by atoms with Crippen LogP contribution in [0.3, 0.4) is 0 Å². The molecule has 25 heavy (non-hydrogen) atoms. The molecule has 1 atom stereocenters. The van der Waals surface area contributed by atoms with Crippen LogP contribution >= 0.6 is 11.3 Å². The molecule has 0 radical (unpaired) electrons. The monoisotopic (exact) mass is 356 g/mol. The van der Waals surface area contributed by atoms with Gasteiger partial charge in [0.05, 0.1) is 17.2 Å². The Labute approximate surface area is 152 Å². The second-order valence-electron chi connectivity index (χ2n) is 6.81. The average Bonchev–Trinajstić information content (AvgIpc) is 2.99. The van der Waals surface area contributed by atoms with Gasteiger partial charge in [-0.3, -0.25) is 4.79 Å². The van der Waals surface area contributed by atoms with Crippen molar-refractivity contribution in [2.75, 3.05) is 0 Å². The van der Waals surface area contributed by atoms with Gasteiger partial charge in [0.2, 0.25) is 0 Å². The van der Waals surface area contributed by atoms with Crippen molar-refractivity contribution in [3.05, 3.63) is 51.2 Å². The van der Waals surface area contributed by atoms with Gasteiger partial charge >= 0.3 is 0 Å². The largest absolute Gasteiger partial charge is 0.490 e. The Morgan fingerprint density at radius 2 is 2.20 bits per heavy atom. The van der Waals surface area contributed by atoms with Crippen molar-refractivity contribution in [1.29, 1.82) is 0 Å². The second-order valence-corrected chi connectivity index (χ2v) is 7.95. The van der Waals surface area contributed by atoms with E-state index in [1.165, 1.54) is 16.9 Å². The Hall–Kier alpha value is -2.14. The van der Waals surface area contributed by atoms with Gasteiger partial charge in [0, 0.05) is 10.4 Å². The zero-order valence-corrected chi connectivity index (χ0v) is 15.7. The molecule has 1 heterocycles. The Morgan fingerprint density at radius 1 is 1.40 bits per heavy atom. The third kappa shape index (κ3) is 4.48. The van der Waals surface area contributed by atoms with Crippen LogP contribution in [0.15, 0.2) is 35.4 Å². The van der Waals surface area contributed by atoms with E-state index in [0.717, 1.165) is 29.0 Å². The molecular formula is C20H24N2O2S. The minimum atomic E-state index is -0.148. The highest BCUT2D eigenvalue weighted by Gasteiger charge is 2.20. The van der Waals surface area contributed by atoms with Gasteiger partial charge in [-0.15, -0.1) is 11.3 Å². The van der Waals surface area contributed by atoms with Gasteiger partial charge in [0.1, 0.15) is 5.75 Å². The number of carbonyl (C=O) groups excluding carboxylic acids is 1. The average molecular weight is 356 g/mol. The minimum absolute atomic E-state index is 0.0870. The molecule has 1 aromatic carbocycles. The number of ether oxygens (including phenoxy) is 1. The summed E-state index contributed by atoms with van der Waals surface area (Å²) in [6.07, 6.45) is 5.08. The van der Waals surface area contributed by atoms with Gasteiger partial charge in [-0.1, -0.05) is 19.1 Å². The van der Waals surface area contributed by atoms with E-state index in [9.17, 15) is 4.79 Å². The molecule has 1 amide bonds. The maximum absolute atomic E-state index is 12.4. The van der Waals surface area contributed by atoms with Crippen LogP contribution in [0.2, 0.25) is 0 Å². The number of hydrogen-bond donors (Lipinski definition) is 1. The van der Waals surface area contributed by atoms with Gasteiger partial charge in [0.15, 0.2) is 0 Å². The number of para-hydroxylation sites is 1. The van der Waals surface area contributed by atoms with Gasteiger partial charge in [-0.2, -0.15) is 5.10 Å². The topological polar surface area (TPSA) is 50.7 Å². The lowest BCUT2D eigenvalue weighted by Crippen LogP contribution is -2.16. The molecule has 132 valence electrons. The van der Waals surface area contributed by atoms with Gasteiger partial charge in [-0.05, 0) is 62.8 Å². The highest BCUT2D eigenvalue weighted by Crippen LogP contribution is 2.32. The molecule has 1 aliphatic carbocycles. The number of nitrogens with one attached hydrogen (secondary N) is 1. The molecule has 1 N–H and O–H groups in total. The summed E-state index contributed by atoms with van der Waals surface area (Å²) in [6, 6.07) is 9.68. The summed E-state index contributed by atoms with van der Waals surface area (Å²) in [4.78, 5) is 14.4. The van der Waals surface area contributed by atoms with Crippen LogP contribution in [0.5, 0.6) is 5.75 Å². The second kappa shape index (κ2) is 7.83. The van der Waals surface area contributed by atoms with E-state index in [2.05, 4.69) is 17.5 Å². The first-order valence-corrected chi connectivity index (χ1v) is 9.55. The zero-order chi connectivity index (χ0) is 17.8. The molecule has 0 bridgehead atoms. The number of rotatable bonds is 5. The molecule has 0 saturated carbocycles. The summed E-state index contributed by atoms with van der Waals surface area (Å²) in [7, 11) is 0. The summed E-state index contributed by atoms with van der Waals surface area (Å²) in [6.45, 7) is 6.23. The van der Waals surface area contributed by atoms with E-state index in [1.807, 2.05) is 44.2 Å². The number of amides is 1. The molecule has 0 spiro atoms. The van der Waals surface area contributed by atoms with Crippen LogP contribution < -0.4 is 10.2 Å². The van der Waals surface area contributed by atoms with E-state index in [-0.39, 0.29) is 12.0 Å². The minimum Gasteiger partial charge on any atom is -0.490 e. The number of hydrogen-bond acceptors (Lipinski definition) is 4. The Bertz CT molecular complexity index is 780. The fraction of sp³-hybridized carbons (Fsp3) is 0.400. The number of benzene rings is 1. The van der Waals surface area contributed by atoms with Crippen molar-refractivity contribution in [1.82, 2.24) is 5.43 Å². The van der Waals surface area contributed by atoms with Crippen LogP contribution in [0.25, 0.3) is 0 Å². The maximum atomic E-state index is 12.4. The Balaban J connectivity index is 1.66. The van der Waals surface area contributed by atoms with E-state index in [1.54, 1.807) is 17.6 Å². The number of aryl methyl sites for hydroxylation is 1. The highest BCUT2D eigenvalue weighted by molar-refractivity contribution is 7.14. The Kier molecular flexibility index (Phi) is 5.53. The summed E-state index contributed by atoms with van der Waals surface area (Å²) >= 11 is 1.59. The molecule has 1 aliphatic rings. The van der Waals surface area contributed by atoms with Crippen LogP contribution in [0, 0.1) is 5.92 Å². The molecule has 1 aromatic heterocycles. The third-order valence-corrected chi connectivity index (χ3v) is 5.44. The van der Waals surface area contributed by atoms with Crippen LogP contribution in [-0.4, -0.2) is 18.2 Å². The lowest BCUT2D eigenvalue weighted by Gasteiger charge is -2.16. The summed E-state index contributed by atoms with van der Waals surface area (Å²) < 4.78 is 5.75. The first-order chi connectivity index (χ1) is 12.0. The predicted molar refractivity (Wildman–Crippen MR) is 103 cm³/mol. The van der Waals surface area contributed by atoms with E-state index < -0.39 is 0 Å². The Morgan fingerprint density at radius 3 is 3.00 bits per heavy atom. The lowest BCUT2D eigenvalue weighted by molar-refractivity contribution is 0.0959. The number of nitrogens with zero attached hydrogens (tertiary/aromatic N) is 1. The summed E-state index contributed by atoms with van der Waals surface area (Å²) in [5.74, 6) is 1.31. The molecule has 3 rings (SSSR count). The quantitative estimate of drug-likeness (QED) is 0.637. The van der Waals surface area contributed by atoms with Crippen molar-refractivity contribution < 1.29 is 9.53 Å². The van der Waals surface area contributed by atoms with Gasteiger partial charge in [-0.25, -0.2) is 5.43 Å². The van der Waals surface area contributed by atoms with E-state index in [4.69, 9.17) is 4.74 Å². The van der Waals surface area contributed by atoms with Crippen molar-refractivity contribution in [3.63, 3.8) is 0 Å². The fourth-order valence-corrected chi connectivity index (χ4v) is 4.08. The molecular weight excluding hydrogens is 332 g/mol. The van der Waals surface area contributed by atoms with Gasteiger partial charge in [0.25, 0.3) is 5.91 Å².